The van der Waals surface area contributed by atoms with Gasteiger partial charge in [0.2, 0.25) is 5.91 Å². The van der Waals surface area contributed by atoms with Gasteiger partial charge in [0.25, 0.3) is 0 Å². The van der Waals surface area contributed by atoms with Crippen molar-refractivity contribution in [2.24, 2.45) is 0 Å². The van der Waals surface area contributed by atoms with E-state index in [1.807, 2.05) is 84.4 Å². The molecule has 5 aromatic rings. The van der Waals surface area contributed by atoms with Gasteiger partial charge >= 0.3 is 0 Å². The lowest BCUT2D eigenvalue weighted by molar-refractivity contribution is -0.111. The predicted octanol–water partition coefficient (Wildman–Crippen LogP) is 6.36. The van der Waals surface area contributed by atoms with Crippen LogP contribution in [0.1, 0.15) is 5.56 Å². The molecular formula is C26H18ClN5OS. The Morgan fingerprint density at radius 1 is 0.971 bits per heavy atom. The number of aromatic nitrogens is 4. The number of anilines is 1. The fourth-order valence-corrected chi connectivity index (χ4v) is 4.16. The minimum absolute atomic E-state index is 0.281. The molecule has 166 valence electrons. The number of para-hydroxylation sites is 1. The number of halogens is 1. The van der Waals surface area contributed by atoms with E-state index >= 15 is 0 Å². The number of amides is 1. The monoisotopic (exact) mass is 483 g/mol. The lowest BCUT2D eigenvalue weighted by Gasteiger charge is -2.01. The highest BCUT2D eigenvalue weighted by molar-refractivity contribution is 7.14. The number of hydrogen-bond acceptors (Lipinski definition) is 5. The number of nitrogens with one attached hydrogen (secondary N) is 1. The van der Waals surface area contributed by atoms with Crippen LogP contribution in [0.25, 0.3) is 34.4 Å². The SMILES string of the molecule is O=C(/C=C/c1cn(-c2ccccc2)nc1-c1ccc(Cl)cc1)Nc1nc(-c2ccccn2)cs1. The Balaban J connectivity index is 1.39. The van der Waals surface area contributed by atoms with Crippen LogP contribution >= 0.6 is 22.9 Å². The van der Waals surface area contributed by atoms with Gasteiger partial charge in [-0.1, -0.05) is 48.0 Å². The molecule has 0 aliphatic rings. The smallest absolute Gasteiger partial charge is 0.250 e. The largest absolute Gasteiger partial charge is 0.298 e. The van der Waals surface area contributed by atoms with Crippen LogP contribution in [0, 0.1) is 0 Å². The van der Waals surface area contributed by atoms with Gasteiger partial charge in [0, 0.05) is 40.0 Å². The van der Waals surface area contributed by atoms with Crippen molar-refractivity contribution in [3.63, 3.8) is 0 Å². The van der Waals surface area contributed by atoms with Crippen LogP contribution in [-0.2, 0) is 4.79 Å². The van der Waals surface area contributed by atoms with Crippen molar-refractivity contribution in [3.8, 4) is 28.3 Å². The molecular weight excluding hydrogens is 466 g/mol. The summed E-state index contributed by atoms with van der Waals surface area (Å²) in [5, 5.41) is 10.6. The van der Waals surface area contributed by atoms with E-state index in [0.717, 1.165) is 33.9 Å². The van der Waals surface area contributed by atoms with Crippen molar-refractivity contribution in [3.05, 3.63) is 107 Å². The Bertz CT molecular complexity index is 1440. The molecule has 3 heterocycles. The molecule has 0 bridgehead atoms. The van der Waals surface area contributed by atoms with Crippen LogP contribution < -0.4 is 5.32 Å². The molecule has 3 aromatic heterocycles. The highest BCUT2D eigenvalue weighted by Crippen LogP contribution is 2.27. The first-order valence-electron chi connectivity index (χ1n) is 10.4. The normalized spacial score (nSPS) is 11.1. The lowest BCUT2D eigenvalue weighted by Crippen LogP contribution is -2.07. The molecule has 0 fully saturated rings. The van der Waals surface area contributed by atoms with E-state index in [-0.39, 0.29) is 5.91 Å². The topological polar surface area (TPSA) is 72.7 Å². The zero-order chi connectivity index (χ0) is 23.3. The van der Waals surface area contributed by atoms with E-state index in [9.17, 15) is 4.79 Å². The van der Waals surface area contributed by atoms with Crippen molar-refractivity contribution in [2.45, 2.75) is 0 Å². The lowest BCUT2D eigenvalue weighted by atomic mass is 10.1. The third-order valence-corrected chi connectivity index (χ3v) is 5.97. The number of carbonyl (C=O) groups excluding carboxylic acids is 1. The van der Waals surface area contributed by atoms with Crippen LogP contribution in [0.2, 0.25) is 5.02 Å². The van der Waals surface area contributed by atoms with E-state index in [0.29, 0.717) is 10.2 Å². The molecule has 0 aliphatic carbocycles. The maximum atomic E-state index is 12.6. The first kappa shape index (κ1) is 21.8. The van der Waals surface area contributed by atoms with Gasteiger partial charge in [-0.3, -0.25) is 15.1 Å². The number of pyridine rings is 1. The fourth-order valence-electron chi connectivity index (χ4n) is 3.33. The predicted molar refractivity (Wildman–Crippen MR) is 137 cm³/mol. The standard InChI is InChI=1S/C26H18ClN5OS/c27-20-12-9-18(10-13-20)25-19(16-32(31-25)21-6-2-1-3-7-21)11-14-24(33)30-26-29-23(17-34-26)22-8-4-5-15-28-22/h1-17H,(H,29,30,33)/b14-11+. The van der Waals surface area contributed by atoms with Crippen LogP contribution in [-0.4, -0.2) is 25.7 Å². The molecule has 0 saturated heterocycles. The maximum Gasteiger partial charge on any atom is 0.250 e. The van der Waals surface area contributed by atoms with Crippen molar-refractivity contribution in [1.82, 2.24) is 19.7 Å². The number of thiazole rings is 1. The quantitative estimate of drug-likeness (QED) is 0.285. The maximum absolute atomic E-state index is 12.6. The molecule has 0 atom stereocenters. The van der Waals surface area contributed by atoms with E-state index in [1.165, 1.54) is 17.4 Å². The Kier molecular flexibility index (Phi) is 6.29. The minimum Gasteiger partial charge on any atom is -0.298 e. The van der Waals surface area contributed by atoms with E-state index in [1.54, 1.807) is 17.0 Å². The van der Waals surface area contributed by atoms with E-state index in [2.05, 4.69) is 15.3 Å². The van der Waals surface area contributed by atoms with Crippen LogP contribution in [0.15, 0.2) is 96.6 Å². The Labute approximate surface area is 205 Å². The first-order valence-corrected chi connectivity index (χ1v) is 11.7. The number of carbonyl (C=O) groups is 1. The molecule has 2 aromatic carbocycles. The fraction of sp³-hybridized carbons (Fsp3) is 0. The number of benzene rings is 2. The molecule has 0 saturated carbocycles. The summed E-state index contributed by atoms with van der Waals surface area (Å²) in [5.74, 6) is -0.281. The van der Waals surface area contributed by atoms with Crippen molar-refractivity contribution < 1.29 is 4.79 Å². The summed E-state index contributed by atoms with van der Waals surface area (Å²) in [6.07, 6.45) is 6.84. The van der Waals surface area contributed by atoms with Crippen molar-refractivity contribution in [1.29, 1.82) is 0 Å². The van der Waals surface area contributed by atoms with Gasteiger partial charge in [0.15, 0.2) is 5.13 Å². The molecule has 8 heteroatoms. The highest BCUT2D eigenvalue weighted by Gasteiger charge is 2.12. The van der Waals surface area contributed by atoms with Crippen LogP contribution in [0.4, 0.5) is 5.13 Å². The molecule has 1 N–H and O–H groups in total. The van der Waals surface area contributed by atoms with Gasteiger partial charge in [0.05, 0.1) is 17.1 Å². The summed E-state index contributed by atoms with van der Waals surface area (Å²) >= 11 is 7.41. The Morgan fingerprint density at radius 3 is 2.53 bits per heavy atom. The summed E-state index contributed by atoms with van der Waals surface area (Å²) in [6.45, 7) is 0. The summed E-state index contributed by atoms with van der Waals surface area (Å²) in [5.41, 5.74) is 4.85. The molecule has 34 heavy (non-hydrogen) atoms. The summed E-state index contributed by atoms with van der Waals surface area (Å²) < 4.78 is 1.79. The summed E-state index contributed by atoms with van der Waals surface area (Å²) in [6, 6.07) is 22.9. The Hall–Kier alpha value is -4.07. The van der Waals surface area contributed by atoms with Crippen LogP contribution in [0.5, 0.6) is 0 Å². The zero-order valence-electron chi connectivity index (χ0n) is 17.8. The van der Waals surface area contributed by atoms with Gasteiger partial charge in [-0.25, -0.2) is 9.67 Å². The molecule has 1 amide bonds. The summed E-state index contributed by atoms with van der Waals surface area (Å²) in [4.78, 5) is 21.4. The van der Waals surface area contributed by atoms with Gasteiger partial charge in [-0.15, -0.1) is 11.3 Å². The van der Waals surface area contributed by atoms with E-state index in [4.69, 9.17) is 16.7 Å². The zero-order valence-corrected chi connectivity index (χ0v) is 19.4. The molecule has 5 rings (SSSR count). The molecule has 0 aliphatic heterocycles. The molecule has 0 radical (unpaired) electrons. The second-order valence-corrected chi connectivity index (χ2v) is 8.59. The van der Waals surface area contributed by atoms with Gasteiger partial charge in [-0.05, 0) is 42.5 Å². The van der Waals surface area contributed by atoms with Crippen LogP contribution in [0.3, 0.4) is 0 Å². The first-order chi connectivity index (χ1) is 16.7. The molecule has 0 spiro atoms. The van der Waals surface area contributed by atoms with Crippen molar-refractivity contribution >= 4 is 40.1 Å². The third kappa shape index (κ3) is 4.96. The average molecular weight is 484 g/mol. The average Bonchev–Trinajstić information content (AvgIpc) is 3.52. The van der Waals surface area contributed by atoms with Crippen molar-refractivity contribution in [2.75, 3.05) is 5.32 Å². The van der Waals surface area contributed by atoms with Gasteiger partial charge in [-0.2, -0.15) is 5.10 Å². The summed E-state index contributed by atoms with van der Waals surface area (Å²) in [7, 11) is 0. The highest BCUT2D eigenvalue weighted by atomic mass is 35.5. The van der Waals surface area contributed by atoms with Gasteiger partial charge in [0.1, 0.15) is 5.69 Å². The Morgan fingerprint density at radius 2 is 1.76 bits per heavy atom. The number of nitrogens with zero attached hydrogens (tertiary/aromatic N) is 4. The second-order valence-electron chi connectivity index (χ2n) is 7.30. The second kappa shape index (κ2) is 9.82. The van der Waals surface area contributed by atoms with E-state index < -0.39 is 0 Å². The third-order valence-electron chi connectivity index (χ3n) is 4.96. The molecule has 0 unspecified atom stereocenters. The number of hydrogen-bond donors (Lipinski definition) is 1. The number of rotatable bonds is 6. The van der Waals surface area contributed by atoms with Gasteiger partial charge < -0.3 is 0 Å². The molecule has 6 nitrogen and oxygen atoms in total. The minimum atomic E-state index is -0.281.